The van der Waals surface area contributed by atoms with Gasteiger partial charge in [0.2, 0.25) is 0 Å². The predicted molar refractivity (Wildman–Crippen MR) is 115 cm³/mol. The Labute approximate surface area is 175 Å². The molecule has 1 aromatic heterocycles. The van der Waals surface area contributed by atoms with E-state index in [1.165, 1.54) is 30.8 Å². The highest BCUT2D eigenvalue weighted by atomic mass is 32.2. The van der Waals surface area contributed by atoms with Crippen LogP contribution in [0.2, 0.25) is 0 Å². The smallest absolute Gasteiger partial charge is 0.287 e. The van der Waals surface area contributed by atoms with E-state index in [1.807, 2.05) is 36.4 Å². The standard InChI is InChI=1S/C24H24N2O2S/c27-24(25-21-16-26-13-11-17(21)12-14-26)23-10-9-22(28-23)18-5-4-8-20(15-18)29-19-6-2-1-3-7-19/h1-10,15,17,21H,11-14,16H2,(H,25,27)/t21-/m0/s1. The highest BCUT2D eigenvalue weighted by Gasteiger charge is 2.35. The van der Waals surface area contributed by atoms with Crippen LogP contribution < -0.4 is 5.32 Å². The molecule has 148 valence electrons. The Bertz CT molecular complexity index is 993. The first-order valence-corrected chi connectivity index (χ1v) is 11.0. The maximum atomic E-state index is 12.7. The first-order chi connectivity index (χ1) is 14.2. The molecular weight excluding hydrogens is 380 g/mol. The minimum absolute atomic E-state index is 0.107. The van der Waals surface area contributed by atoms with Crippen LogP contribution in [0.15, 0.2) is 80.9 Å². The fourth-order valence-corrected chi connectivity index (χ4v) is 5.22. The molecule has 3 aliphatic heterocycles. The second kappa shape index (κ2) is 8.09. The number of hydrogen-bond donors (Lipinski definition) is 1. The van der Waals surface area contributed by atoms with E-state index in [4.69, 9.17) is 4.42 Å². The SMILES string of the molecule is O=C(N[C@H]1CN2CCC1CC2)c1ccc(-c2cccc(Sc3ccccc3)c2)o1. The lowest BCUT2D eigenvalue weighted by atomic mass is 9.84. The molecule has 0 unspecified atom stereocenters. The van der Waals surface area contributed by atoms with Crippen molar-refractivity contribution in [2.75, 3.05) is 19.6 Å². The number of hydrogen-bond acceptors (Lipinski definition) is 4. The number of nitrogens with zero attached hydrogens (tertiary/aromatic N) is 1. The Kier molecular flexibility index (Phi) is 5.17. The summed E-state index contributed by atoms with van der Waals surface area (Å²) >= 11 is 1.71. The van der Waals surface area contributed by atoms with E-state index in [2.05, 4.69) is 34.5 Å². The van der Waals surface area contributed by atoms with Crippen molar-refractivity contribution in [1.82, 2.24) is 10.2 Å². The average Bonchev–Trinajstić information content (AvgIpc) is 3.26. The number of benzene rings is 2. The van der Waals surface area contributed by atoms with Gasteiger partial charge in [-0.05, 0) is 68.2 Å². The molecule has 6 rings (SSSR count). The molecule has 0 radical (unpaired) electrons. The van der Waals surface area contributed by atoms with E-state index < -0.39 is 0 Å². The summed E-state index contributed by atoms with van der Waals surface area (Å²) in [5.41, 5.74) is 0.979. The van der Waals surface area contributed by atoms with Crippen molar-refractivity contribution in [2.24, 2.45) is 5.92 Å². The van der Waals surface area contributed by atoms with Gasteiger partial charge in [0.05, 0.1) is 0 Å². The van der Waals surface area contributed by atoms with Crippen LogP contribution in [0.1, 0.15) is 23.4 Å². The number of carbonyl (C=O) groups excluding carboxylic acids is 1. The van der Waals surface area contributed by atoms with Gasteiger partial charge in [0.15, 0.2) is 5.76 Å². The zero-order chi connectivity index (χ0) is 19.6. The van der Waals surface area contributed by atoms with Gasteiger partial charge in [-0.15, -0.1) is 0 Å². The fourth-order valence-electron chi connectivity index (χ4n) is 4.32. The van der Waals surface area contributed by atoms with Crippen molar-refractivity contribution in [3.63, 3.8) is 0 Å². The first-order valence-electron chi connectivity index (χ1n) is 10.2. The number of amides is 1. The quantitative estimate of drug-likeness (QED) is 0.655. The van der Waals surface area contributed by atoms with Gasteiger partial charge < -0.3 is 14.6 Å². The molecule has 3 aromatic rings. The molecule has 3 aliphatic rings. The van der Waals surface area contributed by atoms with Gasteiger partial charge in [-0.3, -0.25) is 4.79 Å². The maximum Gasteiger partial charge on any atom is 0.287 e. The summed E-state index contributed by atoms with van der Waals surface area (Å²) in [4.78, 5) is 17.5. The van der Waals surface area contributed by atoms with Crippen molar-refractivity contribution < 1.29 is 9.21 Å². The lowest BCUT2D eigenvalue weighted by molar-refractivity contribution is 0.0606. The van der Waals surface area contributed by atoms with Crippen molar-refractivity contribution in [2.45, 2.75) is 28.7 Å². The molecule has 3 fully saturated rings. The summed E-state index contributed by atoms with van der Waals surface area (Å²) in [7, 11) is 0. The number of fused-ring (bicyclic) bond motifs is 3. The minimum atomic E-state index is -0.107. The third-order valence-corrected chi connectivity index (χ3v) is 6.90. The third-order valence-electron chi connectivity index (χ3n) is 5.90. The van der Waals surface area contributed by atoms with Gasteiger partial charge in [0, 0.05) is 27.9 Å². The molecule has 5 heteroatoms. The Hall–Kier alpha value is -2.50. The molecule has 2 aromatic carbocycles. The zero-order valence-corrected chi connectivity index (χ0v) is 17.0. The second-order valence-corrected chi connectivity index (χ2v) is 8.97. The van der Waals surface area contributed by atoms with E-state index in [0.717, 1.165) is 22.8 Å². The van der Waals surface area contributed by atoms with E-state index in [1.54, 1.807) is 17.8 Å². The largest absolute Gasteiger partial charge is 0.451 e. The van der Waals surface area contributed by atoms with Crippen LogP contribution in [0, 0.1) is 5.92 Å². The van der Waals surface area contributed by atoms with Crippen LogP contribution in [-0.2, 0) is 0 Å². The highest BCUT2D eigenvalue weighted by Crippen LogP contribution is 2.32. The topological polar surface area (TPSA) is 45.5 Å². The Morgan fingerprint density at radius 3 is 2.52 bits per heavy atom. The molecule has 0 spiro atoms. The van der Waals surface area contributed by atoms with Gasteiger partial charge >= 0.3 is 0 Å². The van der Waals surface area contributed by atoms with Gasteiger partial charge in [-0.1, -0.05) is 42.1 Å². The Balaban J connectivity index is 1.28. The van der Waals surface area contributed by atoms with Gasteiger partial charge in [-0.2, -0.15) is 0 Å². The molecule has 2 bridgehead atoms. The molecular formula is C24H24N2O2S. The summed E-state index contributed by atoms with van der Waals surface area (Å²) in [6, 6.07) is 22.4. The van der Waals surface area contributed by atoms with Crippen LogP contribution in [0.4, 0.5) is 0 Å². The number of furan rings is 1. The van der Waals surface area contributed by atoms with E-state index in [0.29, 0.717) is 11.7 Å². The molecule has 0 aliphatic carbocycles. The molecule has 0 saturated carbocycles. The van der Waals surface area contributed by atoms with Crippen molar-refractivity contribution in [3.8, 4) is 11.3 Å². The second-order valence-electron chi connectivity index (χ2n) is 7.82. The Morgan fingerprint density at radius 1 is 0.966 bits per heavy atom. The fraction of sp³-hybridized carbons (Fsp3) is 0.292. The van der Waals surface area contributed by atoms with Gasteiger partial charge in [0.25, 0.3) is 5.91 Å². The van der Waals surface area contributed by atoms with E-state index in [-0.39, 0.29) is 11.9 Å². The van der Waals surface area contributed by atoms with Crippen LogP contribution in [0.5, 0.6) is 0 Å². The summed E-state index contributed by atoms with van der Waals surface area (Å²) in [6.07, 6.45) is 2.36. The van der Waals surface area contributed by atoms with Crippen LogP contribution in [-0.4, -0.2) is 36.5 Å². The van der Waals surface area contributed by atoms with Crippen LogP contribution in [0.25, 0.3) is 11.3 Å². The van der Waals surface area contributed by atoms with Crippen molar-refractivity contribution in [1.29, 1.82) is 0 Å². The van der Waals surface area contributed by atoms with Gasteiger partial charge in [0.1, 0.15) is 5.76 Å². The molecule has 1 N–H and O–H groups in total. The number of piperidine rings is 3. The van der Waals surface area contributed by atoms with Crippen LogP contribution in [0.3, 0.4) is 0 Å². The lowest BCUT2D eigenvalue weighted by Crippen LogP contribution is -2.57. The Morgan fingerprint density at radius 2 is 1.76 bits per heavy atom. The number of carbonyl (C=O) groups is 1. The normalized spacial score (nSPS) is 23.1. The number of nitrogens with one attached hydrogen (secondary N) is 1. The minimum Gasteiger partial charge on any atom is -0.451 e. The van der Waals surface area contributed by atoms with E-state index >= 15 is 0 Å². The van der Waals surface area contributed by atoms with Gasteiger partial charge in [-0.25, -0.2) is 0 Å². The average molecular weight is 405 g/mol. The summed E-state index contributed by atoms with van der Waals surface area (Å²) in [6.45, 7) is 3.29. The molecule has 4 heterocycles. The van der Waals surface area contributed by atoms with Crippen molar-refractivity contribution >= 4 is 17.7 Å². The lowest BCUT2D eigenvalue weighted by Gasteiger charge is -2.44. The highest BCUT2D eigenvalue weighted by molar-refractivity contribution is 7.99. The third kappa shape index (κ3) is 4.11. The van der Waals surface area contributed by atoms with Crippen LogP contribution >= 0.6 is 11.8 Å². The zero-order valence-electron chi connectivity index (χ0n) is 16.2. The first kappa shape index (κ1) is 18.5. The monoisotopic (exact) mass is 404 g/mol. The summed E-state index contributed by atoms with van der Waals surface area (Å²) < 4.78 is 5.92. The van der Waals surface area contributed by atoms with Crippen molar-refractivity contribution in [3.05, 3.63) is 72.5 Å². The number of rotatable bonds is 5. The summed E-state index contributed by atoms with van der Waals surface area (Å²) in [5.74, 6) is 1.60. The molecule has 1 atom stereocenters. The maximum absolute atomic E-state index is 12.7. The molecule has 3 saturated heterocycles. The van der Waals surface area contributed by atoms with E-state index in [9.17, 15) is 4.79 Å². The molecule has 1 amide bonds. The molecule has 4 nitrogen and oxygen atoms in total. The summed E-state index contributed by atoms with van der Waals surface area (Å²) in [5, 5.41) is 3.20. The molecule has 29 heavy (non-hydrogen) atoms. The predicted octanol–water partition coefficient (Wildman–Crippen LogP) is 4.92.